The number of nitrogens with one attached hydrogen (secondary N) is 1. The molecule has 0 saturated heterocycles. The molecule has 1 rings (SSSR count). The Morgan fingerprint density at radius 1 is 1.00 bits per heavy atom. The molecule has 148 valence electrons. The van der Waals surface area contributed by atoms with Crippen LogP contribution < -0.4 is 5.32 Å². The summed E-state index contributed by atoms with van der Waals surface area (Å²) in [5, 5.41) is 12.6. The van der Waals surface area contributed by atoms with Crippen LogP contribution in [-0.4, -0.2) is 22.2 Å². The van der Waals surface area contributed by atoms with Gasteiger partial charge in [-0.3, -0.25) is 4.79 Å². The number of aliphatic hydroxyl groups is 1. The second kappa shape index (κ2) is 15.2. The zero-order valence-electron chi connectivity index (χ0n) is 16.2. The zero-order valence-corrected chi connectivity index (χ0v) is 17.8. The molecular weight excluding hydrogens is 392 g/mol. The lowest BCUT2D eigenvalue weighted by Crippen LogP contribution is -2.34. The molecule has 2 N–H and O–H groups in total. The normalized spacial score (nSPS) is 12.1. The van der Waals surface area contributed by atoms with Crippen molar-refractivity contribution in [3.05, 3.63) is 28.5 Å². The van der Waals surface area contributed by atoms with E-state index in [9.17, 15) is 9.90 Å². The first-order valence-electron chi connectivity index (χ1n) is 10.2. The smallest absolute Gasteiger partial charge is 0.254 e. The summed E-state index contributed by atoms with van der Waals surface area (Å²) in [6.45, 7) is 2.26. The van der Waals surface area contributed by atoms with Gasteiger partial charge in [0.1, 0.15) is 10.8 Å². The van der Waals surface area contributed by atoms with Crippen LogP contribution in [-0.2, 0) is 0 Å². The highest BCUT2D eigenvalue weighted by Crippen LogP contribution is 2.13. The van der Waals surface area contributed by atoms with E-state index in [1.165, 1.54) is 70.4 Å². The molecule has 0 bridgehead atoms. The van der Waals surface area contributed by atoms with Crippen molar-refractivity contribution in [3.63, 3.8) is 0 Å². The number of rotatable bonds is 15. The number of amides is 1. The predicted octanol–water partition coefficient (Wildman–Crippen LogP) is 5.98. The van der Waals surface area contributed by atoms with Crippen LogP contribution in [0.1, 0.15) is 101 Å². The van der Waals surface area contributed by atoms with Crippen LogP contribution in [0, 0.1) is 0 Å². The number of carbonyl (C=O) groups is 1. The lowest BCUT2D eigenvalue weighted by molar-refractivity contribution is 0.0757. The average molecular weight is 427 g/mol. The van der Waals surface area contributed by atoms with Crippen molar-refractivity contribution in [1.29, 1.82) is 0 Å². The standard InChI is InChI=1S/C21H35BrN2O2/c1-2-3-4-5-6-7-8-9-10-11-12-13-14-20(25)24-21(26)18-15-16-19(22)23-17-18/h15-17,20,25H,2-14H2,1H3,(H,24,26). The largest absolute Gasteiger partial charge is 0.374 e. The zero-order chi connectivity index (χ0) is 19.0. The molecular formula is C21H35BrN2O2. The number of nitrogens with zero attached hydrogens (tertiary/aromatic N) is 1. The van der Waals surface area contributed by atoms with Crippen LogP contribution in [0.15, 0.2) is 22.9 Å². The summed E-state index contributed by atoms with van der Waals surface area (Å²) in [4.78, 5) is 16.0. The monoisotopic (exact) mass is 426 g/mol. The molecule has 1 aromatic rings. The first kappa shape index (κ1) is 23.1. The molecule has 4 nitrogen and oxygen atoms in total. The van der Waals surface area contributed by atoms with Crippen molar-refractivity contribution >= 4 is 21.8 Å². The molecule has 26 heavy (non-hydrogen) atoms. The molecule has 0 fully saturated rings. The molecule has 0 spiro atoms. The van der Waals surface area contributed by atoms with Crippen LogP contribution >= 0.6 is 15.9 Å². The van der Waals surface area contributed by atoms with E-state index in [2.05, 4.69) is 33.2 Å². The van der Waals surface area contributed by atoms with Crippen molar-refractivity contribution < 1.29 is 9.90 Å². The second-order valence-corrected chi connectivity index (χ2v) is 7.85. The van der Waals surface area contributed by atoms with Gasteiger partial charge >= 0.3 is 0 Å². The van der Waals surface area contributed by atoms with E-state index in [1.807, 2.05) is 0 Å². The fourth-order valence-electron chi connectivity index (χ4n) is 3.00. The Kier molecular flexibility index (Phi) is 13.5. The maximum Gasteiger partial charge on any atom is 0.254 e. The summed E-state index contributed by atoms with van der Waals surface area (Å²) in [7, 11) is 0. The highest BCUT2D eigenvalue weighted by atomic mass is 79.9. The lowest BCUT2D eigenvalue weighted by Gasteiger charge is -2.12. The summed E-state index contributed by atoms with van der Waals surface area (Å²) < 4.78 is 0.686. The topological polar surface area (TPSA) is 62.2 Å². The Hall–Kier alpha value is -0.940. The van der Waals surface area contributed by atoms with Crippen molar-refractivity contribution in [2.75, 3.05) is 0 Å². The fourth-order valence-corrected chi connectivity index (χ4v) is 3.23. The van der Waals surface area contributed by atoms with Crippen molar-refractivity contribution in [2.45, 2.75) is 96.6 Å². The van der Waals surface area contributed by atoms with Crippen LogP contribution in [0.3, 0.4) is 0 Å². The third-order valence-electron chi connectivity index (χ3n) is 4.62. The van der Waals surface area contributed by atoms with Gasteiger partial charge in [-0.05, 0) is 40.9 Å². The van der Waals surface area contributed by atoms with Crippen LogP contribution in [0.25, 0.3) is 0 Å². The van der Waals surface area contributed by atoms with E-state index in [4.69, 9.17) is 0 Å². The van der Waals surface area contributed by atoms with Gasteiger partial charge in [0, 0.05) is 6.20 Å². The minimum absolute atomic E-state index is 0.281. The Morgan fingerprint density at radius 3 is 2.04 bits per heavy atom. The lowest BCUT2D eigenvalue weighted by atomic mass is 10.0. The first-order valence-corrected chi connectivity index (χ1v) is 11.0. The number of unbranched alkanes of at least 4 members (excludes halogenated alkanes) is 11. The van der Waals surface area contributed by atoms with Gasteiger partial charge in [0.2, 0.25) is 0 Å². The highest BCUT2D eigenvalue weighted by Gasteiger charge is 2.11. The van der Waals surface area contributed by atoms with E-state index in [0.29, 0.717) is 16.6 Å². The molecule has 0 saturated carbocycles. The summed E-state index contributed by atoms with van der Waals surface area (Å²) in [5.41, 5.74) is 0.460. The fraction of sp³-hybridized carbons (Fsp3) is 0.714. The Bertz CT molecular complexity index is 479. The molecule has 0 aliphatic heterocycles. The number of hydrogen-bond donors (Lipinski definition) is 2. The number of aromatic nitrogens is 1. The highest BCUT2D eigenvalue weighted by molar-refractivity contribution is 9.10. The van der Waals surface area contributed by atoms with Gasteiger partial charge in [0.05, 0.1) is 5.56 Å². The maximum atomic E-state index is 12.0. The van der Waals surface area contributed by atoms with Gasteiger partial charge in [-0.15, -0.1) is 0 Å². The second-order valence-electron chi connectivity index (χ2n) is 7.04. The van der Waals surface area contributed by atoms with E-state index in [-0.39, 0.29) is 5.91 Å². The molecule has 0 aliphatic rings. The van der Waals surface area contributed by atoms with E-state index in [1.54, 1.807) is 12.1 Å². The number of halogens is 1. The SMILES string of the molecule is CCCCCCCCCCCCCCC(O)NC(=O)c1ccc(Br)nc1. The van der Waals surface area contributed by atoms with Crippen LogP contribution in [0.4, 0.5) is 0 Å². The number of carbonyl (C=O) groups excluding carboxylic acids is 1. The minimum atomic E-state index is -0.783. The summed E-state index contributed by atoms with van der Waals surface area (Å²) in [6, 6.07) is 3.40. The Balaban J connectivity index is 1.94. The predicted molar refractivity (Wildman–Crippen MR) is 111 cm³/mol. The average Bonchev–Trinajstić information content (AvgIpc) is 2.63. The summed E-state index contributed by atoms with van der Waals surface area (Å²) >= 11 is 3.23. The molecule has 1 heterocycles. The summed E-state index contributed by atoms with van der Waals surface area (Å²) in [6.07, 6.45) is 16.8. The van der Waals surface area contributed by atoms with Gasteiger partial charge in [0.15, 0.2) is 0 Å². The first-order chi connectivity index (χ1) is 12.6. The van der Waals surface area contributed by atoms with E-state index < -0.39 is 6.23 Å². The Morgan fingerprint density at radius 2 is 1.54 bits per heavy atom. The van der Waals surface area contributed by atoms with Crippen molar-refractivity contribution in [1.82, 2.24) is 10.3 Å². The number of hydrogen-bond acceptors (Lipinski definition) is 3. The number of pyridine rings is 1. The molecule has 1 amide bonds. The quantitative estimate of drug-likeness (QED) is 0.206. The third kappa shape index (κ3) is 11.6. The molecule has 0 aromatic carbocycles. The van der Waals surface area contributed by atoms with Crippen molar-refractivity contribution in [3.8, 4) is 0 Å². The van der Waals surface area contributed by atoms with Gasteiger partial charge < -0.3 is 10.4 Å². The van der Waals surface area contributed by atoms with Crippen LogP contribution in [0.5, 0.6) is 0 Å². The Labute approximate surface area is 167 Å². The number of aliphatic hydroxyl groups excluding tert-OH is 1. The van der Waals surface area contributed by atoms with Gasteiger partial charge in [-0.25, -0.2) is 4.98 Å². The molecule has 5 heteroatoms. The van der Waals surface area contributed by atoms with Crippen molar-refractivity contribution in [2.24, 2.45) is 0 Å². The molecule has 0 aliphatic carbocycles. The summed E-state index contributed by atoms with van der Waals surface area (Å²) in [5.74, 6) is -0.281. The van der Waals surface area contributed by atoms with Gasteiger partial charge in [-0.1, -0.05) is 77.6 Å². The maximum absolute atomic E-state index is 12.0. The van der Waals surface area contributed by atoms with E-state index >= 15 is 0 Å². The molecule has 0 radical (unpaired) electrons. The molecule has 1 atom stereocenters. The van der Waals surface area contributed by atoms with E-state index in [0.717, 1.165) is 12.8 Å². The van der Waals surface area contributed by atoms with Crippen LogP contribution in [0.2, 0.25) is 0 Å². The molecule has 1 aromatic heterocycles. The minimum Gasteiger partial charge on any atom is -0.374 e. The van der Waals surface area contributed by atoms with Gasteiger partial charge in [0.25, 0.3) is 5.91 Å². The molecule has 1 unspecified atom stereocenters. The third-order valence-corrected chi connectivity index (χ3v) is 5.09. The van der Waals surface area contributed by atoms with Gasteiger partial charge in [-0.2, -0.15) is 0 Å².